The lowest BCUT2D eigenvalue weighted by atomic mass is 9.82. The van der Waals surface area contributed by atoms with Crippen molar-refractivity contribution in [3.63, 3.8) is 0 Å². The molecule has 0 aliphatic carbocycles. The van der Waals surface area contributed by atoms with Gasteiger partial charge in [-0.2, -0.15) is 0 Å². The highest BCUT2D eigenvalue weighted by atomic mass is 35.5. The normalized spacial score (nSPS) is 26.1. The number of rotatable bonds is 5. The van der Waals surface area contributed by atoms with E-state index in [1.165, 1.54) is 12.7 Å². The number of hydrogen-bond donors (Lipinski definition) is 1. The Hall–Kier alpha value is -2.37. The van der Waals surface area contributed by atoms with Gasteiger partial charge in [0, 0.05) is 29.2 Å². The number of benzene rings is 2. The van der Waals surface area contributed by atoms with Gasteiger partial charge >= 0.3 is 5.97 Å². The molecule has 6 heteroatoms. The second kappa shape index (κ2) is 8.17. The van der Waals surface area contributed by atoms with Gasteiger partial charge in [0.25, 0.3) is 5.91 Å². The summed E-state index contributed by atoms with van der Waals surface area (Å²) in [5, 5.41) is 3.59. The summed E-state index contributed by atoms with van der Waals surface area (Å²) in [6, 6.07) is 17.5. The third-order valence-electron chi connectivity index (χ3n) is 6.18. The summed E-state index contributed by atoms with van der Waals surface area (Å²) in [6.45, 7) is 0.860. The fourth-order valence-corrected chi connectivity index (χ4v) is 4.93. The minimum Gasteiger partial charge on any atom is -0.467 e. The summed E-state index contributed by atoms with van der Waals surface area (Å²) in [7, 11) is 1.39. The Morgan fingerprint density at radius 3 is 2.28 bits per heavy atom. The van der Waals surface area contributed by atoms with Crippen molar-refractivity contribution in [2.75, 3.05) is 7.11 Å². The molecule has 2 aromatic carbocycles. The number of fused-ring (bicyclic) bond motifs is 2. The Morgan fingerprint density at radius 2 is 1.69 bits per heavy atom. The first-order chi connectivity index (χ1) is 14.0. The topological polar surface area (TPSA) is 58.6 Å². The number of carbonyl (C=O) groups excluding carboxylic acids is 2. The van der Waals surface area contributed by atoms with Crippen molar-refractivity contribution in [3.05, 3.63) is 70.7 Å². The zero-order valence-corrected chi connectivity index (χ0v) is 17.2. The molecule has 0 spiro atoms. The van der Waals surface area contributed by atoms with Gasteiger partial charge in [0.2, 0.25) is 0 Å². The summed E-state index contributed by atoms with van der Waals surface area (Å²) in [5.41, 5.74) is 0.752. The smallest absolute Gasteiger partial charge is 0.331 e. The predicted octanol–water partition coefficient (Wildman–Crippen LogP) is 3.81. The number of nitrogens with zero attached hydrogens (tertiary/aromatic N) is 1. The van der Waals surface area contributed by atoms with Crippen LogP contribution in [0.1, 0.15) is 41.6 Å². The third-order valence-corrected chi connectivity index (χ3v) is 6.43. The van der Waals surface area contributed by atoms with E-state index in [-0.39, 0.29) is 24.0 Å². The first-order valence-electron chi connectivity index (χ1n) is 9.97. The zero-order valence-electron chi connectivity index (χ0n) is 16.4. The highest BCUT2D eigenvalue weighted by molar-refractivity contribution is 6.30. The van der Waals surface area contributed by atoms with Gasteiger partial charge in [-0.15, -0.1) is 0 Å². The second-order valence-corrected chi connectivity index (χ2v) is 8.42. The number of methoxy groups -OCH3 is 1. The standard InChI is InChI=1S/C23H25ClN2O3/c1-29-22(28)23(25-21(27)17-7-9-18(24)10-8-17)13-19-11-12-20(14-23)26(19)15-16-5-3-2-4-6-16/h2-10,19-20H,11-15H2,1H3,(H,25,27)/t19-,20+,23?. The molecule has 2 aromatic rings. The number of piperidine rings is 1. The fraction of sp³-hybridized carbons (Fsp3) is 0.391. The summed E-state index contributed by atoms with van der Waals surface area (Å²) >= 11 is 5.93. The van der Waals surface area contributed by atoms with Crippen LogP contribution in [0.4, 0.5) is 0 Å². The molecular weight excluding hydrogens is 388 g/mol. The van der Waals surface area contributed by atoms with Crippen molar-refractivity contribution in [1.82, 2.24) is 10.2 Å². The second-order valence-electron chi connectivity index (χ2n) is 7.99. The summed E-state index contributed by atoms with van der Waals surface area (Å²) in [4.78, 5) is 28.2. The van der Waals surface area contributed by atoms with Crippen LogP contribution in [-0.4, -0.2) is 41.5 Å². The van der Waals surface area contributed by atoms with E-state index >= 15 is 0 Å². The number of carbonyl (C=O) groups is 2. The molecule has 0 aromatic heterocycles. The molecule has 4 rings (SSSR count). The molecule has 1 unspecified atom stereocenters. The predicted molar refractivity (Wildman–Crippen MR) is 112 cm³/mol. The van der Waals surface area contributed by atoms with Crippen LogP contribution in [0.3, 0.4) is 0 Å². The van der Waals surface area contributed by atoms with Gasteiger partial charge in [0.15, 0.2) is 0 Å². The number of esters is 1. The molecule has 2 aliphatic rings. The van der Waals surface area contributed by atoms with Gasteiger partial charge in [0.05, 0.1) is 7.11 Å². The van der Waals surface area contributed by atoms with E-state index in [4.69, 9.17) is 16.3 Å². The monoisotopic (exact) mass is 412 g/mol. The molecule has 0 radical (unpaired) electrons. The third kappa shape index (κ3) is 4.02. The Bertz CT molecular complexity index is 871. The first-order valence-corrected chi connectivity index (χ1v) is 10.3. The van der Waals surface area contributed by atoms with Gasteiger partial charge in [-0.3, -0.25) is 9.69 Å². The largest absolute Gasteiger partial charge is 0.467 e. The molecule has 2 fully saturated rings. The molecule has 3 atom stereocenters. The molecule has 152 valence electrons. The Morgan fingerprint density at radius 1 is 1.07 bits per heavy atom. The molecule has 5 nitrogen and oxygen atoms in total. The van der Waals surface area contributed by atoms with Crippen LogP contribution in [0.5, 0.6) is 0 Å². The SMILES string of the molecule is COC(=O)C1(NC(=O)c2ccc(Cl)cc2)C[C@H]2CC[C@@H](C1)N2Cc1ccccc1. The van der Waals surface area contributed by atoms with E-state index in [1.807, 2.05) is 18.2 Å². The number of nitrogens with one attached hydrogen (secondary N) is 1. The van der Waals surface area contributed by atoms with Crippen molar-refractivity contribution < 1.29 is 14.3 Å². The van der Waals surface area contributed by atoms with Crippen molar-refractivity contribution in [1.29, 1.82) is 0 Å². The van der Waals surface area contributed by atoms with Crippen LogP contribution < -0.4 is 5.32 Å². The molecule has 1 N–H and O–H groups in total. The number of ether oxygens (including phenoxy) is 1. The molecule has 1 amide bonds. The Balaban J connectivity index is 1.54. The maximum atomic E-state index is 12.9. The van der Waals surface area contributed by atoms with Crippen LogP contribution in [0.2, 0.25) is 5.02 Å². The zero-order chi connectivity index (χ0) is 20.4. The van der Waals surface area contributed by atoms with Gasteiger partial charge in [-0.05, 0) is 55.5 Å². The van der Waals surface area contributed by atoms with Crippen molar-refractivity contribution in [2.45, 2.75) is 49.9 Å². The molecule has 2 saturated heterocycles. The molecular formula is C23H25ClN2O3. The lowest BCUT2D eigenvalue weighted by molar-refractivity contribution is -0.152. The lowest BCUT2D eigenvalue weighted by Gasteiger charge is -2.45. The lowest BCUT2D eigenvalue weighted by Crippen LogP contribution is -2.63. The highest BCUT2D eigenvalue weighted by Gasteiger charge is 2.53. The minimum absolute atomic E-state index is 0.235. The van der Waals surface area contributed by atoms with Crippen LogP contribution in [0, 0.1) is 0 Å². The average molecular weight is 413 g/mol. The Kier molecular flexibility index (Phi) is 5.61. The van der Waals surface area contributed by atoms with E-state index in [0.717, 1.165) is 19.4 Å². The molecule has 0 saturated carbocycles. The molecule has 2 bridgehead atoms. The summed E-state index contributed by atoms with van der Waals surface area (Å²) in [5.74, 6) is -0.640. The van der Waals surface area contributed by atoms with Crippen LogP contribution >= 0.6 is 11.6 Å². The fourth-order valence-electron chi connectivity index (χ4n) is 4.80. The molecule has 2 aliphatic heterocycles. The maximum absolute atomic E-state index is 12.9. The van der Waals surface area contributed by atoms with Crippen LogP contribution in [0.15, 0.2) is 54.6 Å². The summed E-state index contributed by atoms with van der Waals surface area (Å²) in [6.07, 6.45) is 3.16. The number of amides is 1. The van der Waals surface area contributed by atoms with E-state index in [9.17, 15) is 9.59 Å². The van der Waals surface area contributed by atoms with Crippen molar-refractivity contribution in [2.24, 2.45) is 0 Å². The number of halogens is 1. The number of hydrogen-bond acceptors (Lipinski definition) is 4. The molecule has 2 heterocycles. The van der Waals surface area contributed by atoms with E-state index in [1.54, 1.807) is 24.3 Å². The minimum atomic E-state index is -0.996. The first kappa shape index (κ1) is 19.9. The van der Waals surface area contributed by atoms with Crippen LogP contribution in [0.25, 0.3) is 0 Å². The van der Waals surface area contributed by atoms with Gasteiger partial charge in [-0.25, -0.2) is 4.79 Å². The van der Waals surface area contributed by atoms with Gasteiger partial charge in [0.1, 0.15) is 5.54 Å². The van der Waals surface area contributed by atoms with Crippen LogP contribution in [-0.2, 0) is 16.1 Å². The van der Waals surface area contributed by atoms with Crippen molar-refractivity contribution >= 4 is 23.5 Å². The van der Waals surface area contributed by atoms with Gasteiger partial charge < -0.3 is 10.1 Å². The molecule has 29 heavy (non-hydrogen) atoms. The highest BCUT2D eigenvalue weighted by Crippen LogP contribution is 2.42. The maximum Gasteiger partial charge on any atom is 0.331 e. The summed E-state index contributed by atoms with van der Waals surface area (Å²) < 4.78 is 5.13. The van der Waals surface area contributed by atoms with Crippen molar-refractivity contribution in [3.8, 4) is 0 Å². The average Bonchev–Trinajstić information content (AvgIpc) is 2.97. The van der Waals surface area contributed by atoms with E-state index in [0.29, 0.717) is 23.4 Å². The van der Waals surface area contributed by atoms with E-state index < -0.39 is 5.54 Å². The Labute approximate surface area is 176 Å². The quantitative estimate of drug-likeness (QED) is 0.759. The van der Waals surface area contributed by atoms with Gasteiger partial charge in [-0.1, -0.05) is 41.9 Å². The van der Waals surface area contributed by atoms with E-state index in [2.05, 4.69) is 22.3 Å².